The van der Waals surface area contributed by atoms with E-state index in [1.54, 1.807) is 0 Å². The molecule has 2 aliphatic rings. The maximum absolute atomic E-state index is 6.12. The summed E-state index contributed by atoms with van der Waals surface area (Å²) in [6.45, 7) is 4.75. The van der Waals surface area contributed by atoms with Gasteiger partial charge in [0, 0.05) is 32.9 Å². The van der Waals surface area contributed by atoms with Crippen molar-refractivity contribution < 1.29 is 4.42 Å². The average molecular weight is 722 g/mol. The summed E-state index contributed by atoms with van der Waals surface area (Å²) >= 11 is 0. The molecule has 0 spiro atoms. The van der Waals surface area contributed by atoms with Crippen LogP contribution in [-0.2, 0) is 18.3 Å². The van der Waals surface area contributed by atoms with Crippen LogP contribution in [0.3, 0.4) is 0 Å². The lowest BCUT2D eigenvalue weighted by Crippen LogP contribution is -2.15. The van der Waals surface area contributed by atoms with Crippen LogP contribution in [0, 0.1) is 0 Å². The van der Waals surface area contributed by atoms with Gasteiger partial charge in [0.2, 0.25) is 0 Å². The van der Waals surface area contributed by atoms with E-state index < -0.39 is 0 Å². The molecule has 268 valence electrons. The number of nitrogens with zero attached hydrogens (tertiary/aromatic N) is 3. The minimum absolute atomic E-state index is 0.0210. The first-order valence-electron chi connectivity index (χ1n) is 19.7. The highest BCUT2D eigenvalue weighted by Gasteiger charge is 2.37. The van der Waals surface area contributed by atoms with Crippen LogP contribution < -0.4 is 0 Å². The predicted molar refractivity (Wildman–Crippen MR) is 228 cm³/mol. The highest BCUT2D eigenvalue weighted by atomic mass is 16.3. The van der Waals surface area contributed by atoms with Crippen LogP contribution >= 0.6 is 0 Å². The molecule has 0 saturated carbocycles. The lowest BCUT2D eigenvalue weighted by Gasteiger charge is -2.23. The van der Waals surface area contributed by atoms with Crippen LogP contribution in [0.25, 0.3) is 78.4 Å². The van der Waals surface area contributed by atoms with Crippen molar-refractivity contribution in [3.05, 3.63) is 186 Å². The Morgan fingerprint density at radius 1 is 0.518 bits per heavy atom. The fourth-order valence-corrected chi connectivity index (χ4v) is 9.34. The highest BCUT2D eigenvalue weighted by Crippen LogP contribution is 2.52. The number of benzene rings is 7. The zero-order valence-corrected chi connectivity index (χ0v) is 31.5. The van der Waals surface area contributed by atoms with Gasteiger partial charge in [-0.1, -0.05) is 141 Å². The molecule has 4 nitrogen and oxygen atoms in total. The Balaban J connectivity index is 0.929. The number of aryl methyl sites for hydroxylation is 1. The molecule has 0 N–H and O–H groups in total. The van der Waals surface area contributed by atoms with Crippen molar-refractivity contribution >= 4 is 21.9 Å². The molecule has 4 heteroatoms. The van der Waals surface area contributed by atoms with Crippen molar-refractivity contribution in [3.63, 3.8) is 0 Å². The number of hydrogen-bond donors (Lipinski definition) is 0. The minimum atomic E-state index is -0.0210. The number of furan rings is 1. The van der Waals surface area contributed by atoms with Gasteiger partial charge in [0.25, 0.3) is 0 Å². The maximum Gasteiger partial charge on any atom is 0.164 e. The van der Waals surface area contributed by atoms with E-state index in [0.717, 1.165) is 57.9 Å². The molecule has 0 aliphatic heterocycles. The fourth-order valence-electron chi connectivity index (χ4n) is 9.34. The molecule has 0 bridgehead atoms. The van der Waals surface area contributed by atoms with E-state index in [0.29, 0.717) is 23.4 Å². The summed E-state index contributed by atoms with van der Waals surface area (Å²) in [4.78, 5) is 15.1. The van der Waals surface area contributed by atoms with Crippen LogP contribution in [0.15, 0.2) is 162 Å². The third-order valence-electron chi connectivity index (χ3n) is 12.3. The van der Waals surface area contributed by atoms with Crippen molar-refractivity contribution in [2.75, 3.05) is 0 Å². The van der Waals surface area contributed by atoms with Gasteiger partial charge in [-0.25, -0.2) is 15.0 Å². The van der Waals surface area contributed by atoms with Crippen LogP contribution in [0.5, 0.6) is 0 Å². The Bertz CT molecular complexity index is 2980. The fraction of sp³-hybridized carbons (Fsp3) is 0.135. The summed E-state index contributed by atoms with van der Waals surface area (Å²) in [6, 6.07) is 56.5. The standard InChI is InChI=1S/C52H39N3O/c1-52(2)45-18-10-8-16-40(45)43-29-36-25-24-35(38-14-6-7-15-39(38)42(36)31-46(43)52)28-32-20-22-34(23-21-32)50-53-49(33-12-4-3-5-13-33)54-51(55-50)37-26-27-48-44(30-37)41-17-9-11-19-47(41)56-48/h3-23,26-27,29-31,35H,24-25,28H2,1-2H3. The lowest BCUT2D eigenvalue weighted by atomic mass is 9.80. The van der Waals surface area contributed by atoms with Crippen LogP contribution in [0.4, 0.5) is 0 Å². The van der Waals surface area contributed by atoms with Gasteiger partial charge in [-0.05, 0) is 106 Å². The molecule has 56 heavy (non-hydrogen) atoms. The molecule has 1 unspecified atom stereocenters. The van der Waals surface area contributed by atoms with E-state index in [-0.39, 0.29) is 5.41 Å². The molecular formula is C52H39N3O. The largest absolute Gasteiger partial charge is 0.456 e. The topological polar surface area (TPSA) is 51.8 Å². The molecule has 7 aromatic carbocycles. The highest BCUT2D eigenvalue weighted by molar-refractivity contribution is 6.06. The van der Waals surface area contributed by atoms with E-state index in [1.807, 2.05) is 48.5 Å². The number of rotatable bonds is 5. The minimum Gasteiger partial charge on any atom is -0.456 e. The van der Waals surface area contributed by atoms with E-state index >= 15 is 0 Å². The third-order valence-corrected chi connectivity index (χ3v) is 12.3. The Morgan fingerprint density at radius 2 is 1.16 bits per heavy atom. The normalized spacial score (nSPS) is 15.2. The quantitative estimate of drug-likeness (QED) is 0.178. The Morgan fingerprint density at radius 3 is 1.98 bits per heavy atom. The first-order valence-corrected chi connectivity index (χ1v) is 19.7. The van der Waals surface area contributed by atoms with Gasteiger partial charge < -0.3 is 4.42 Å². The van der Waals surface area contributed by atoms with Gasteiger partial charge in [0.05, 0.1) is 0 Å². The number of aromatic nitrogens is 3. The summed E-state index contributed by atoms with van der Waals surface area (Å²) in [7, 11) is 0. The lowest BCUT2D eigenvalue weighted by molar-refractivity contribution is 0.628. The number of fused-ring (bicyclic) bond motifs is 9. The smallest absolute Gasteiger partial charge is 0.164 e. The maximum atomic E-state index is 6.12. The van der Waals surface area contributed by atoms with E-state index in [4.69, 9.17) is 19.4 Å². The summed E-state index contributed by atoms with van der Waals surface area (Å²) in [5.74, 6) is 2.35. The Labute approximate surface area is 326 Å². The van der Waals surface area contributed by atoms with Gasteiger partial charge in [-0.3, -0.25) is 0 Å². The van der Waals surface area contributed by atoms with Crippen molar-refractivity contribution in [2.24, 2.45) is 0 Å². The summed E-state index contributed by atoms with van der Waals surface area (Å²) in [6.07, 6.45) is 3.12. The molecule has 0 saturated heterocycles. The van der Waals surface area contributed by atoms with E-state index in [9.17, 15) is 0 Å². The third kappa shape index (κ3) is 5.31. The second-order valence-corrected chi connectivity index (χ2v) is 15.9. The summed E-state index contributed by atoms with van der Waals surface area (Å²) in [5, 5.41) is 2.13. The van der Waals surface area contributed by atoms with Crippen LogP contribution in [0.2, 0.25) is 0 Å². The molecule has 9 aromatic rings. The zero-order valence-electron chi connectivity index (χ0n) is 31.5. The van der Waals surface area contributed by atoms with Gasteiger partial charge in [-0.15, -0.1) is 0 Å². The van der Waals surface area contributed by atoms with Crippen molar-refractivity contribution in [2.45, 2.75) is 44.4 Å². The molecular weight excluding hydrogens is 683 g/mol. The Hall–Kier alpha value is -6.65. The van der Waals surface area contributed by atoms with Crippen LogP contribution in [0.1, 0.15) is 54.0 Å². The summed E-state index contributed by atoms with van der Waals surface area (Å²) in [5.41, 5.74) is 17.2. The van der Waals surface area contributed by atoms with Crippen molar-refractivity contribution in [1.29, 1.82) is 0 Å². The second kappa shape index (κ2) is 12.7. The SMILES string of the molecule is CC1(C)c2ccccc2-c2cc3c(cc21)-c1ccccc1C(Cc1ccc(-c2nc(-c4ccccc4)nc(-c4ccc5oc6ccccc6c5c4)n2)cc1)CC3. The van der Waals surface area contributed by atoms with Crippen molar-refractivity contribution in [1.82, 2.24) is 15.0 Å². The van der Waals surface area contributed by atoms with Gasteiger partial charge in [0.15, 0.2) is 17.5 Å². The first-order chi connectivity index (χ1) is 27.5. The molecule has 0 radical (unpaired) electrons. The van der Waals surface area contributed by atoms with Gasteiger partial charge >= 0.3 is 0 Å². The van der Waals surface area contributed by atoms with Gasteiger partial charge in [-0.2, -0.15) is 0 Å². The molecule has 11 rings (SSSR count). The molecule has 1 atom stereocenters. The zero-order chi connectivity index (χ0) is 37.4. The average Bonchev–Trinajstić information content (AvgIpc) is 3.67. The molecule has 0 fully saturated rings. The van der Waals surface area contributed by atoms with Crippen molar-refractivity contribution in [3.8, 4) is 56.4 Å². The first kappa shape index (κ1) is 32.8. The molecule has 2 aromatic heterocycles. The second-order valence-electron chi connectivity index (χ2n) is 15.9. The Kier molecular flexibility index (Phi) is 7.43. The van der Waals surface area contributed by atoms with E-state index in [1.165, 1.54) is 50.1 Å². The predicted octanol–water partition coefficient (Wildman–Crippen LogP) is 13.0. The van der Waals surface area contributed by atoms with Gasteiger partial charge in [0.1, 0.15) is 11.2 Å². The molecule has 2 aliphatic carbocycles. The van der Waals surface area contributed by atoms with E-state index in [2.05, 4.69) is 123 Å². The molecule has 2 heterocycles. The number of hydrogen-bond acceptors (Lipinski definition) is 4. The van der Waals surface area contributed by atoms with Crippen LogP contribution in [-0.4, -0.2) is 15.0 Å². The monoisotopic (exact) mass is 721 g/mol. The summed E-state index contributed by atoms with van der Waals surface area (Å²) < 4.78 is 6.12. The molecule has 0 amide bonds. The number of para-hydroxylation sites is 1.